The van der Waals surface area contributed by atoms with E-state index in [0.29, 0.717) is 28.7 Å². The van der Waals surface area contributed by atoms with Gasteiger partial charge >= 0.3 is 18.0 Å². The quantitative estimate of drug-likeness (QED) is 0.179. The van der Waals surface area contributed by atoms with Gasteiger partial charge in [0.2, 0.25) is 0 Å². The molecule has 0 saturated carbocycles. The third-order valence-electron chi connectivity index (χ3n) is 5.00. The summed E-state index contributed by atoms with van der Waals surface area (Å²) in [5, 5.41) is 5.69. The first-order valence-electron chi connectivity index (χ1n) is 10.6. The summed E-state index contributed by atoms with van der Waals surface area (Å²) >= 11 is 5.83. The lowest BCUT2D eigenvalue weighted by atomic mass is 10.1. The number of benzene rings is 3. The van der Waals surface area contributed by atoms with Crippen molar-refractivity contribution in [2.24, 2.45) is 5.10 Å². The van der Waals surface area contributed by atoms with Gasteiger partial charge in [-0.2, -0.15) is 18.3 Å². The Morgan fingerprint density at radius 3 is 2.41 bits per heavy atom. The lowest BCUT2D eigenvalue weighted by Crippen LogP contribution is -2.33. The van der Waals surface area contributed by atoms with E-state index in [1.807, 2.05) is 10.7 Å². The maximum absolute atomic E-state index is 13.8. The fourth-order valence-electron chi connectivity index (χ4n) is 3.01. The minimum absolute atomic E-state index is 0.0312. The van der Waals surface area contributed by atoms with Crippen molar-refractivity contribution >= 4 is 34.8 Å². The average molecular weight is 538 g/mol. The molecule has 0 radical (unpaired) electrons. The number of amides is 2. The zero-order valence-electron chi connectivity index (χ0n) is 19.5. The number of ether oxygens (including phenoxy) is 2. The van der Waals surface area contributed by atoms with E-state index in [2.05, 4.69) is 5.10 Å². The molecule has 12 heteroatoms. The van der Waals surface area contributed by atoms with E-state index >= 15 is 0 Å². The van der Waals surface area contributed by atoms with Crippen LogP contribution in [0.25, 0.3) is 0 Å². The number of nitrogens with zero attached hydrogens (tertiary/aromatic N) is 1. The summed E-state index contributed by atoms with van der Waals surface area (Å²) < 4.78 is 63.5. The first-order chi connectivity index (χ1) is 17.5. The molecule has 0 aromatic heterocycles. The van der Waals surface area contributed by atoms with Crippen molar-refractivity contribution in [2.75, 3.05) is 12.4 Å². The van der Waals surface area contributed by atoms with E-state index in [1.54, 1.807) is 36.4 Å². The third kappa shape index (κ3) is 7.20. The molecule has 7 nitrogen and oxygen atoms in total. The highest BCUT2D eigenvalue weighted by Crippen LogP contribution is 2.34. The van der Waals surface area contributed by atoms with Crippen molar-refractivity contribution in [2.45, 2.75) is 19.7 Å². The Morgan fingerprint density at radius 2 is 1.73 bits per heavy atom. The average Bonchev–Trinajstić information content (AvgIpc) is 2.87. The van der Waals surface area contributed by atoms with Gasteiger partial charge in [-0.3, -0.25) is 9.59 Å². The number of alkyl halides is 3. The van der Waals surface area contributed by atoms with Crippen LogP contribution in [0.15, 0.2) is 65.8 Å². The predicted octanol–water partition coefficient (Wildman–Crippen LogP) is 5.56. The normalized spacial score (nSPS) is 11.6. The highest BCUT2D eigenvalue weighted by molar-refractivity contribution is 6.41. The molecule has 0 aliphatic carbocycles. The number of methoxy groups -OCH3 is 1. The van der Waals surface area contributed by atoms with Gasteiger partial charge in [-0.15, -0.1) is 0 Å². The predicted molar refractivity (Wildman–Crippen MR) is 129 cm³/mol. The summed E-state index contributed by atoms with van der Waals surface area (Å²) in [7, 11) is 1.41. The number of rotatable bonds is 7. The fraction of sp³-hybridized carbons (Fsp3) is 0.160. The second kappa shape index (κ2) is 11.7. The molecule has 3 rings (SSSR count). The SMILES string of the molecule is COc1cc(C(C)=NNC(=O)C(=O)Nc2cc(C(F)(F)F)ccc2Cl)ccc1OCc1ccccc1F. The number of hydrogen-bond acceptors (Lipinski definition) is 5. The molecule has 0 saturated heterocycles. The zero-order chi connectivity index (χ0) is 27.2. The van der Waals surface area contributed by atoms with Gasteiger partial charge in [-0.05, 0) is 49.4 Å². The minimum Gasteiger partial charge on any atom is -0.493 e. The molecule has 0 bridgehead atoms. The van der Waals surface area contributed by atoms with E-state index in [0.717, 1.165) is 12.1 Å². The van der Waals surface area contributed by atoms with Gasteiger partial charge in [0.05, 0.1) is 29.1 Å². The van der Waals surface area contributed by atoms with Gasteiger partial charge in [-0.25, -0.2) is 9.82 Å². The van der Waals surface area contributed by atoms with Crippen LogP contribution < -0.4 is 20.2 Å². The van der Waals surface area contributed by atoms with Gasteiger partial charge in [0.25, 0.3) is 0 Å². The molecule has 194 valence electrons. The summed E-state index contributed by atoms with van der Waals surface area (Å²) in [4.78, 5) is 24.3. The number of anilines is 1. The Labute approximate surface area is 214 Å². The molecular weight excluding hydrogens is 518 g/mol. The first-order valence-corrected chi connectivity index (χ1v) is 10.9. The van der Waals surface area contributed by atoms with Gasteiger partial charge < -0.3 is 14.8 Å². The van der Waals surface area contributed by atoms with Crippen LogP contribution in [0.3, 0.4) is 0 Å². The number of carbonyl (C=O) groups excluding carboxylic acids is 2. The second-order valence-electron chi connectivity index (χ2n) is 7.53. The molecule has 3 aromatic rings. The molecule has 3 aromatic carbocycles. The summed E-state index contributed by atoms with van der Waals surface area (Å²) in [5.74, 6) is -2.26. The largest absolute Gasteiger partial charge is 0.493 e. The van der Waals surface area contributed by atoms with Crippen LogP contribution in [0.4, 0.5) is 23.2 Å². The number of carbonyl (C=O) groups is 2. The van der Waals surface area contributed by atoms with Crippen molar-refractivity contribution in [3.8, 4) is 11.5 Å². The number of nitrogens with one attached hydrogen (secondary N) is 2. The maximum Gasteiger partial charge on any atom is 0.416 e. The Hall–Kier alpha value is -4.12. The van der Waals surface area contributed by atoms with Crippen LogP contribution >= 0.6 is 11.6 Å². The minimum atomic E-state index is -4.66. The second-order valence-corrected chi connectivity index (χ2v) is 7.94. The molecule has 0 fully saturated rings. The number of hydrogen-bond donors (Lipinski definition) is 2. The first kappa shape index (κ1) is 27.5. The maximum atomic E-state index is 13.8. The van der Waals surface area contributed by atoms with E-state index in [-0.39, 0.29) is 23.0 Å². The van der Waals surface area contributed by atoms with Gasteiger partial charge in [0.15, 0.2) is 11.5 Å². The van der Waals surface area contributed by atoms with Crippen LogP contribution in [0, 0.1) is 5.82 Å². The smallest absolute Gasteiger partial charge is 0.416 e. The summed E-state index contributed by atoms with van der Waals surface area (Å²) in [6.45, 7) is 1.51. The van der Waals surface area contributed by atoms with Crippen LogP contribution in [-0.4, -0.2) is 24.6 Å². The molecule has 0 spiro atoms. The Morgan fingerprint density at radius 1 is 1.00 bits per heavy atom. The van der Waals surface area contributed by atoms with Crippen LogP contribution in [0.1, 0.15) is 23.6 Å². The molecule has 0 heterocycles. The van der Waals surface area contributed by atoms with Crippen molar-refractivity contribution < 1.29 is 36.6 Å². The molecule has 37 heavy (non-hydrogen) atoms. The van der Waals surface area contributed by atoms with Crippen molar-refractivity contribution in [1.29, 1.82) is 0 Å². The molecule has 2 N–H and O–H groups in total. The van der Waals surface area contributed by atoms with E-state index in [9.17, 15) is 27.2 Å². The highest BCUT2D eigenvalue weighted by atomic mass is 35.5. The van der Waals surface area contributed by atoms with Crippen LogP contribution in [-0.2, 0) is 22.4 Å². The summed E-state index contributed by atoms with van der Waals surface area (Å²) in [5.41, 5.74) is 1.73. The number of hydrazone groups is 1. The monoisotopic (exact) mass is 537 g/mol. The van der Waals surface area contributed by atoms with Crippen molar-refractivity contribution in [3.63, 3.8) is 0 Å². The molecule has 0 unspecified atom stereocenters. The number of halogens is 5. The molecule has 0 aliphatic rings. The molecular formula is C25H20ClF4N3O4. The summed E-state index contributed by atoms with van der Waals surface area (Å²) in [6.07, 6.45) is -4.66. The Balaban J connectivity index is 1.66. The molecule has 2 amide bonds. The van der Waals surface area contributed by atoms with Crippen LogP contribution in [0.5, 0.6) is 11.5 Å². The van der Waals surface area contributed by atoms with Gasteiger partial charge in [0, 0.05) is 11.1 Å². The van der Waals surface area contributed by atoms with Crippen molar-refractivity contribution in [3.05, 3.63) is 88.2 Å². The Bertz CT molecular complexity index is 1350. The van der Waals surface area contributed by atoms with E-state index in [1.165, 1.54) is 20.1 Å². The highest BCUT2D eigenvalue weighted by Gasteiger charge is 2.31. The van der Waals surface area contributed by atoms with Crippen molar-refractivity contribution in [1.82, 2.24) is 5.43 Å². The lowest BCUT2D eigenvalue weighted by molar-refractivity contribution is -0.137. The standard InChI is InChI=1S/C25H20ClF4N3O4/c1-14(15-7-10-21(22(11-15)36-2)37-13-16-5-3-4-6-19(16)27)32-33-24(35)23(34)31-20-12-17(25(28,29)30)8-9-18(20)26/h3-12H,13H2,1-2H3,(H,31,34)(H,33,35). The Kier molecular flexibility index (Phi) is 8.72. The van der Waals surface area contributed by atoms with Crippen LogP contribution in [0.2, 0.25) is 5.02 Å². The fourth-order valence-corrected chi connectivity index (χ4v) is 3.17. The molecule has 0 aliphatic heterocycles. The lowest BCUT2D eigenvalue weighted by Gasteiger charge is -2.13. The van der Waals surface area contributed by atoms with Gasteiger partial charge in [0.1, 0.15) is 12.4 Å². The topological polar surface area (TPSA) is 89.0 Å². The van der Waals surface area contributed by atoms with E-state index in [4.69, 9.17) is 21.1 Å². The molecule has 0 atom stereocenters. The summed E-state index contributed by atoms with van der Waals surface area (Å²) in [6, 6.07) is 13.2. The zero-order valence-corrected chi connectivity index (χ0v) is 20.2. The third-order valence-corrected chi connectivity index (χ3v) is 5.33. The van der Waals surface area contributed by atoms with Gasteiger partial charge in [-0.1, -0.05) is 29.8 Å². The van der Waals surface area contributed by atoms with E-state index < -0.39 is 29.4 Å².